The van der Waals surface area contributed by atoms with E-state index in [0.717, 1.165) is 25.8 Å². The molecule has 0 aromatic heterocycles. The quantitative estimate of drug-likeness (QED) is 0.319. The number of rotatable bonds is 17. The fraction of sp³-hybridized carbons (Fsp3) is 1.00. The summed E-state index contributed by atoms with van der Waals surface area (Å²) in [5.74, 6) is 0. The van der Waals surface area contributed by atoms with Gasteiger partial charge in [-0.3, -0.25) is 4.90 Å². The Morgan fingerprint density at radius 2 is 1.04 bits per heavy atom. The number of unbranched alkanes of at least 4 members (excludes halogenated alkanes) is 12. The number of aliphatic hydroxyl groups is 3. The Labute approximate surface area is 168 Å². The maximum atomic E-state index is 10.5. The zero-order valence-electron chi connectivity index (χ0n) is 18.1. The molecule has 4 heteroatoms. The van der Waals surface area contributed by atoms with Gasteiger partial charge in [0.15, 0.2) is 0 Å². The third kappa shape index (κ3) is 9.25. The lowest BCUT2D eigenvalue weighted by atomic mass is 10.0. The Bertz CT molecular complexity index is 340. The van der Waals surface area contributed by atoms with Crippen molar-refractivity contribution in [3.05, 3.63) is 0 Å². The van der Waals surface area contributed by atoms with Crippen LogP contribution in [-0.4, -0.2) is 57.7 Å². The number of likely N-dealkylation sites (tertiary alicyclic amines) is 1. The van der Waals surface area contributed by atoms with Crippen molar-refractivity contribution in [2.45, 2.75) is 134 Å². The maximum Gasteiger partial charge on any atom is 0.0991 e. The van der Waals surface area contributed by atoms with Crippen LogP contribution < -0.4 is 0 Å². The van der Waals surface area contributed by atoms with Crippen molar-refractivity contribution in [1.82, 2.24) is 4.90 Å². The molecule has 1 rings (SSSR count). The average molecular weight is 386 g/mol. The van der Waals surface area contributed by atoms with Gasteiger partial charge in [-0.25, -0.2) is 0 Å². The van der Waals surface area contributed by atoms with Crippen molar-refractivity contribution in [2.75, 3.05) is 13.2 Å². The number of aliphatic hydroxyl groups excluding tert-OH is 3. The molecule has 4 atom stereocenters. The van der Waals surface area contributed by atoms with E-state index < -0.39 is 12.2 Å². The fourth-order valence-electron chi connectivity index (χ4n) is 4.54. The zero-order valence-corrected chi connectivity index (χ0v) is 18.1. The molecule has 0 saturated carbocycles. The van der Waals surface area contributed by atoms with Crippen LogP contribution in [0.25, 0.3) is 0 Å². The highest BCUT2D eigenvalue weighted by Crippen LogP contribution is 2.29. The topological polar surface area (TPSA) is 63.9 Å². The van der Waals surface area contributed by atoms with E-state index in [1.54, 1.807) is 0 Å². The summed E-state index contributed by atoms with van der Waals surface area (Å²) in [5, 5.41) is 30.6. The number of nitrogens with zero attached hydrogens (tertiary/aromatic N) is 1. The molecule has 0 aliphatic carbocycles. The van der Waals surface area contributed by atoms with Gasteiger partial charge in [-0.05, 0) is 19.4 Å². The first kappa shape index (κ1) is 24.9. The molecule has 0 bridgehead atoms. The van der Waals surface area contributed by atoms with Crippen molar-refractivity contribution in [2.24, 2.45) is 0 Å². The van der Waals surface area contributed by atoms with Gasteiger partial charge in [0.1, 0.15) is 0 Å². The summed E-state index contributed by atoms with van der Waals surface area (Å²) in [7, 11) is 0. The second-order valence-corrected chi connectivity index (χ2v) is 8.57. The second kappa shape index (κ2) is 15.7. The molecule has 1 fully saturated rings. The molecular formula is C23H47NO3. The van der Waals surface area contributed by atoms with Crippen molar-refractivity contribution >= 4 is 0 Å². The number of hydrogen-bond donors (Lipinski definition) is 3. The van der Waals surface area contributed by atoms with Gasteiger partial charge in [-0.2, -0.15) is 0 Å². The van der Waals surface area contributed by atoms with Crippen LogP contribution in [0.2, 0.25) is 0 Å². The third-order valence-electron chi connectivity index (χ3n) is 6.30. The summed E-state index contributed by atoms with van der Waals surface area (Å²) in [6.07, 6.45) is 17.1. The molecule has 4 nitrogen and oxygen atoms in total. The van der Waals surface area contributed by atoms with E-state index in [0.29, 0.717) is 0 Å². The van der Waals surface area contributed by atoms with E-state index in [-0.39, 0.29) is 18.7 Å². The highest BCUT2D eigenvalue weighted by atomic mass is 16.3. The molecule has 162 valence electrons. The molecule has 1 saturated heterocycles. The second-order valence-electron chi connectivity index (χ2n) is 8.57. The Morgan fingerprint density at radius 1 is 0.593 bits per heavy atom. The lowest BCUT2D eigenvalue weighted by molar-refractivity contribution is 0.0173. The van der Waals surface area contributed by atoms with Crippen LogP contribution in [0.5, 0.6) is 0 Å². The van der Waals surface area contributed by atoms with Crippen LogP contribution in [0.15, 0.2) is 0 Å². The normalized spacial score (nSPS) is 26.1. The maximum absolute atomic E-state index is 10.5. The lowest BCUT2D eigenvalue weighted by Crippen LogP contribution is -2.42. The fourth-order valence-corrected chi connectivity index (χ4v) is 4.54. The van der Waals surface area contributed by atoms with Crippen molar-refractivity contribution in [1.29, 1.82) is 0 Å². The molecule has 1 aliphatic heterocycles. The van der Waals surface area contributed by atoms with Gasteiger partial charge >= 0.3 is 0 Å². The smallest absolute Gasteiger partial charge is 0.0991 e. The van der Waals surface area contributed by atoms with Crippen molar-refractivity contribution < 1.29 is 15.3 Å². The molecule has 0 aromatic carbocycles. The zero-order chi connectivity index (χ0) is 19.9. The van der Waals surface area contributed by atoms with Crippen molar-refractivity contribution in [3.63, 3.8) is 0 Å². The first-order chi connectivity index (χ1) is 13.2. The van der Waals surface area contributed by atoms with E-state index in [4.69, 9.17) is 0 Å². The molecule has 1 aliphatic rings. The van der Waals surface area contributed by atoms with E-state index in [1.807, 2.05) is 0 Å². The molecule has 1 heterocycles. The molecule has 0 amide bonds. The summed E-state index contributed by atoms with van der Waals surface area (Å²) < 4.78 is 0. The molecule has 27 heavy (non-hydrogen) atoms. The minimum Gasteiger partial charge on any atom is -0.395 e. The Kier molecular flexibility index (Phi) is 14.5. The first-order valence-corrected chi connectivity index (χ1v) is 11.9. The Hall–Kier alpha value is -0.160. The van der Waals surface area contributed by atoms with Crippen LogP contribution >= 0.6 is 0 Å². The van der Waals surface area contributed by atoms with Gasteiger partial charge in [0.2, 0.25) is 0 Å². The predicted molar refractivity (Wildman–Crippen MR) is 114 cm³/mol. The van der Waals surface area contributed by atoms with Crippen LogP contribution in [0.1, 0.15) is 110 Å². The molecular weight excluding hydrogens is 338 g/mol. The van der Waals surface area contributed by atoms with E-state index in [9.17, 15) is 15.3 Å². The Morgan fingerprint density at radius 3 is 1.56 bits per heavy atom. The van der Waals surface area contributed by atoms with E-state index in [1.165, 1.54) is 77.0 Å². The van der Waals surface area contributed by atoms with Gasteiger partial charge in [-0.15, -0.1) is 0 Å². The lowest BCUT2D eigenvalue weighted by Gasteiger charge is -2.29. The van der Waals surface area contributed by atoms with Gasteiger partial charge < -0.3 is 15.3 Å². The van der Waals surface area contributed by atoms with Crippen LogP contribution in [0.4, 0.5) is 0 Å². The summed E-state index contributed by atoms with van der Waals surface area (Å²) in [6.45, 7) is 5.30. The van der Waals surface area contributed by atoms with E-state index >= 15 is 0 Å². The summed E-state index contributed by atoms with van der Waals surface area (Å²) in [6, 6.07) is -0.289. The standard InChI is InChI=1S/C23H47NO3/c1-3-5-7-9-11-13-15-17-20-22(26)23(27)21(19-25)24(20)18-16-14-12-10-8-6-4-2/h20-23,25-27H,3-19H2,1-2H3/t20-,21+,22-,23+/m1/s1. The van der Waals surface area contributed by atoms with Gasteiger partial charge in [0.25, 0.3) is 0 Å². The number of hydrogen-bond acceptors (Lipinski definition) is 4. The van der Waals surface area contributed by atoms with Crippen LogP contribution in [0, 0.1) is 0 Å². The summed E-state index contributed by atoms with van der Waals surface area (Å²) in [5.41, 5.74) is 0. The largest absolute Gasteiger partial charge is 0.395 e. The average Bonchev–Trinajstić information content (AvgIpc) is 2.90. The first-order valence-electron chi connectivity index (χ1n) is 11.9. The Balaban J connectivity index is 2.33. The molecule has 0 radical (unpaired) electrons. The highest BCUT2D eigenvalue weighted by molar-refractivity contribution is 5.00. The molecule has 3 N–H and O–H groups in total. The molecule has 0 aromatic rings. The predicted octanol–water partition coefficient (Wildman–Crippen LogP) is 4.64. The van der Waals surface area contributed by atoms with Gasteiger partial charge in [0.05, 0.1) is 24.9 Å². The monoisotopic (exact) mass is 385 g/mol. The third-order valence-corrected chi connectivity index (χ3v) is 6.30. The minimum absolute atomic E-state index is 0.00730. The molecule has 0 spiro atoms. The van der Waals surface area contributed by atoms with Gasteiger partial charge in [-0.1, -0.05) is 97.3 Å². The van der Waals surface area contributed by atoms with Crippen LogP contribution in [0.3, 0.4) is 0 Å². The summed E-state index contributed by atoms with van der Waals surface area (Å²) >= 11 is 0. The highest BCUT2D eigenvalue weighted by Gasteiger charge is 2.46. The minimum atomic E-state index is -0.811. The van der Waals surface area contributed by atoms with Gasteiger partial charge in [0, 0.05) is 6.04 Å². The molecule has 0 unspecified atom stereocenters. The summed E-state index contributed by atoms with van der Waals surface area (Å²) in [4.78, 5) is 2.21. The van der Waals surface area contributed by atoms with E-state index in [2.05, 4.69) is 18.7 Å². The van der Waals surface area contributed by atoms with Crippen molar-refractivity contribution in [3.8, 4) is 0 Å². The SMILES string of the molecule is CCCCCCCCC[C@@H]1[C@@H](O)[C@@H](O)[C@H](CO)N1CCCCCCCCC. The van der Waals surface area contributed by atoms with Crippen LogP contribution in [-0.2, 0) is 0 Å².